The van der Waals surface area contributed by atoms with Crippen molar-refractivity contribution in [1.82, 2.24) is 4.90 Å². The van der Waals surface area contributed by atoms with Crippen molar-refractivity contribution in [3.63, 3.8) is 0 Å². The highest BCUT2D eigenvalue weighted by atomic mass is 16.5. The molecule has 0 saturated carbocycles. The highest BCUT2D eigenvalue weighted by Gasteiger charge is 2.59. The molecule has 1 N–H and O–H groups in total. The second-order valence-corrected chi connectivity index (χ2v) is 8.38. The minimum atomic E-state index is -0.692. The van der Waals surface area contributed by atoms with Crippen LogP contribution in [0.5, 0.6) is 5.75 Å². The SMILES string of the molecule is CC[C@@H]1CN2CCC3(Nc4cccc(OC)c4C3=O)[C@@H]2C[C@@H]1/C(=C\OC)C(=O)OC. The summed E-state index contributed by atoms with van der Waals surface area (Å²) in [4.78, 5) is 28.6. The van der Waals surface area contributed by atoms with Gasteiger partial charge >= 0.3 is 5.97 Å². The summed E-state index contributed by atoms with van der Waals surface area (Å²) in [6, 6.07) is 5.65. The van der Waals surface area contributed by atoms with E-state index in [9.17, 15) is 9.59 Å². The van der Waals surface area contributed by atoms with Gasteiger partial charge in [-0.1, -0.05) is 19.4 Å². The number of hydrogen-bond donors (Lipinski definition) is 1. The van der Waals surface area contributed by atoms with Crippen LogP contribution in [0.2, 0.25) is 0 Å². The molecule has 7 heteroatoms. The molecule has 3 aliphatic heterocycles. The van der Waals surface area contributed by atoms with Crippen LogP contribution in [0.15, 0.2) is 30.0 Å². The van der Waals surface area contributed by atoms with Gasteiger partial charge in [-0.3, -0.25) is 9.69 Å². The van der Waals surface area contributed by atoms with Crippen molar-refractivity contribution in [3.8, 4) is 5.75 Å². The maximum atomic E-state index is 13.7. The molecular formula is C23H30N2O5. The highest BCUT2D eigenvalue weighted by Crippen LogP contribution is 2.50. The number of carbonyl (C=O) groups excluding carboxylic acids is 2. The Hall–Kier alpha value is -2.54. The maximum Gasteiger partial charge on any atom is 0.337 e. The second kappa shape index (κ2) is 7.95. The van der Waals surface area contributed by atoms with Gasteiger partial charge < -0.3 is 19.5 Å². The lowest BCUT2D eigenvalue weighted by atomic mass is 9.72. The van der Waals surface area contributed by atoms with Gasteiger partial charge in [0.2, 0.25) is 0 Å². The van der Waals surface area contributed by atoms with Gasteiger partial charge in [-0.05, 0) is 36.8 Å². The van der Waals surface area contributed by atoms with Gasteiger partial charge in [0.1, 0.15) is 11.3 Å². The first-order chi connectivity index (χ1) is 14.5. The number of ether oxygens (including phenoxy) is 3. The third-order valence-electron chi connectivity index (χ3n) is 7.14. The summed E-state index contributed by atoms with van der Waals surface area (Å²) < 4.78 is 15.7. The van der Waals surface area contributed by atoms with E-state index < -0.39 is 5.54 Å². The summed E-state index contributed by atoms with van der Waals surface area (Å²) in [5.41, 5.74) is 1.32. The number of anilines is 1. The lowest BCUT2D eigenvalue weighted by Gasteiger charge is -2.45. The van der Waals surface area contributed by atoms with Crippen LogP contribution in [0.1, 0.15) is 36.5 Å². The number of esters is 1. The number of carbonyl (C=O) groups is 2. The monoisotopic (exact) mass is 414 g/mol. The molecule has 0 aromatic heterocycles. The zero-order valence-corrected chi connectivity index (χ0v) is 18.1. The van der Waals surface area contributed by atoms with Gasteiger partial charge in [-0.15, -0.1) is 0 Å². The Bertz CT molecular complexity index is 882. The molecule has 0 amide bonds. The number of nitrogens with one attached hydrogen (secondary N) is 1. The van der Waals surface area contributed by atoms with Crippen LogP contribution in [0, 0.1) is 11.8 Å². The van der Waals surface area contributed by atoms with E-state index in [0.717, 1.165) is 31.6 Å². The van der Waals surface area contributed by atoms with Crippen molar-refractivity contribution in [2.45, 2.75) is 37.8 Å². The third-order valence-corrected chi connectivity index (χ3v) is 7.14. The Morgan fingerprint density at radius 3 is 2.80 bits per heavy atom. The Morgan fingerprint density at radius 2 is 2.13 bits per heavy atom. The zero-order valence-electron chi connectivity index (χ0n) is 18.1. The van der Waals surface area contributed by atoms with E-state index in [1.54, 1.807) is 14.2 Å². The van der Waals surface area contributed by atoms with Crippen molar-refractivity contribution in [2.75, 3.05) is 39.7 Å². The highest BCUT2D eigenvalue weighted by molar-refractivity contribution is 6.16. The van der Waals surface area contributed by atoms with Gasteiger partial charge in [0.15, 0.2) is 5.78 Å². The maximum absolute atomic E-state index is 13.7. The molecule has 162 valence electrons. The van der Waals surface area contributed by atoms with Crippen molar-refractivity contribution >= 4 is 17.4 Å². The summed E-state index contributed by atoms with van der Waals surface area (Å²) >= 11 is 0. The fraction of sp³-hybridized carbons (Fsp3) is 0.565. The molecule has 0 aliphatic carbocycles. The molecule has 0 radical (unpaired) electrons. The Kier molecular flexibility index (Phi) is 5.49. The van der Waals surface area contributed by atoms with Crippen LogP contribution >= 0.6 is 0 Å². The molecule has 0 bridgehead atoms. The average Bonchev–Trinajstić information content (AvgIpc) is 3.28. The van der Waals surface area contributed by atoms with E-state index in [1.165, 1.54) is 13.4 Å². The van der Waals surface area contributed by atoms with E-state index >= 15 is 0 Å². The Labute approximate surface area is 177 Å². The quantitative estimate of drug-likeness (QED) is 0.451. The van der Waals surface area contributed by atoms with Crippen molar-refractivity contribution < 1.29 is 23.8 Å². The predicted octanol–water partition coefficient (Wildman–Crippen LogP) is 2.87. The van der Waals surface area contributed by atoms with Crippen LogP contribution in [0.25, 0.3) is 0 Å². The van der Waals surface area contributed by atoms with E-state index in [1.807, 2.05) is 18.2 Å². The summed E-state index contributed by atoms with van der Waals surface area (Å²) in [7, 11) is 4.53. The van der Waals surface area contributed by atoms with Crippen molar-refractivity contribution in [3.05, 3.63) is 35.6 Å². The first-order valence-electron chi connectivity index (χ1n) is 10.6. The van der Waals surface area contributed by atoms with Gasteiger partial charge in [-0.25, -0.2) is 4.79 Å². The topological polar surface area (TPSA) is 77.1 Å². The van der Waals surface area contributed by atoms with Crippen molar-refractivity contribution in [1.29, 1.82) is 0 Å². The molecule has 2 saturated heterocycles. The molecule has 4 atom stereocenters. The molecule has 7 nitrogen and oxygen atoms in total. The summed E-state index contributed by atoms with van der Waals surface area (Å²) in [6.45, 7) is 3.84. The number of piperidine rings is 1. The minimum Gasteiger partial charge on any atom is -0.504 e. The van der Waals surface area contributed by atoms with Crippen LogP contribution < -0.4 is 10.1 Å². The molecule has 3 aliphatic rings. The van der Waals surface area contributed by atoms with Gasteiger partial charge in [0, 0.05) is 24.8 Å². The normalized spacial score (nSPS) is 30.6. The largest absolute Gasteiger partial charge is 0.504 e. The number of rotatable bonds is 5. The van der Waals surface area contributed by atoms with Crippen LogP contribution in [-0.2, 0) is 14.3 Å². The molecule has 1 spiro atoms. The van der Waals surface area contributed by atoms with E-state index in [0.29, 0.717) is 29.2 Å². The predicted molar refractivity (Wildman–Crippen MR) is 113 cm³/mol. The Balaban J connectivity index is 1.70. The number of ketones is 1. The molecular weight excluding hydrogens is 384 g/mol. The van der Waals surface area contributed by atoms with Crippen molar-refractivity contribution in [2.24, 2.45) is 11.8 Å². The minimum absolute atomic E-state index is 0.0141. The first-order valence-corrected chi connectivity index (χ1v) is 10.6. The molecule has 1 aromatic carbocycles. The van der Waals surface area contributed by atoms with Crippen LogP contribution in [0.3, 0.4) is 0 Å². The summed E-state index contributed by atoms with van der Waals surface area (Å²) in [5.74, 6) is 0.598. The average molecular weight is 415 g/mol. The number of benzene rings is 1. The lowest BCUT2D eigenvalue weighted by Crippen LogP contribution is -2.57. The molecule has 30 heavy (non-hydrogen) atoms. The third kappa shape index (κ3) is 2.98. The van der Waals surface area contributed by atoms with E-state index in [-0.39, 0.29) is 23.7 Å². The molecule has 4 rings (SSSR count). The summed E-state index contributed by atoms with van der Waals surface area (Å²) in [6.07, 6.45) is 3.88. The fourth-order valence-corrected chi connectivity index (χ4v) is 5.68. The summed E-state index contributed by atoms with van der Waals surface area (Å²) in [5, 5.41) is 3.56. The van der Waals surface area contributed by atoms with Gasteiger partial charge in [0.05, 0.1) is 38.7 Å². The molecule has 1 unspecified atom stereocenters. The second-order valence-electron chi connectivity index (χ2n) is 8.38. The number of methoxy groups -OCH3 is 3. The van der Waals surface area contributed by atoms with E-state index in [4.69, 9.17) is 14.2 Å². The fourth-order valence-electron chi connectivity index (χ4n) is 5.68. The zero-order chi connectivity index (χ0) is 21.5. The molecule has 3 heterocycles. The molecule has 1 aromatic rings. The number of fused-ring (bicyclic) bond motifs is 3. The number of hydrogen-bond acceptors (Lipinski definition) is 7. The Morgan fingerprint density at radius 1 is 1.33 bits per heavy atom. The van der Waals surface area contributed by atoms with Crippen LogP contribution in [-0.4, -0.2) is 62.7 Å². The molecule has 2 fully saturated rings. The van der Waals surface area contributed by atoms with Gasteiger partial charge in [-0.2, -0.15) is 0 Å². The first kappa shape index (κ1) is 20.7. The van der Waals surface area contributed by atoms with Gasteiger partial charge in [0.25, 0.3) is 0 Å². The number of nitrogens with zero attached hydrogens (tertiary/aromatic N) is 1. The smallest absolute Gasteiger partial charge is 0.337 e. The lowest BCUT2D eigenvalue weighted by molar-refractivity contribution is -0.137. The van der Waals surface area contributed by atoms with E-state index in [2.05, 4.69) is 17.1 Å². The van der Waals surface area contributed by atoms with Crippen LogP contribution in [0.4, 0.5) is 5.69 Å². The standard InChI is InChI=1S/C23H30N2O5/c1-5-14-12-25-10-9-23(19(25)11-15(14)16(13-28-2)22(27)30-4)21(26)20-17(24-23)7-6-8-18(20)29-3/h6-8,13-15,19,24H,5,9-12H2,1-4H3/b16-13+/t14-,15+,19+,23?/m1/s1. The number of Topliss-reactive ketones (excluding diaryl/α,β-unsaturated/α-hetero) is 1.